The minimum Gasteiger partial charge on any atom is -0.479 e. The molecule has 1 aliphatic heterocycles. The molecule has 3 rings (SSSR count). The summed E-state index contributed by atoms with van der Waals surface area (Å²) in [4.78, 5) is 120. The van der Waals surface area contributed by atoms with E-state index in [1.807, 2.05) is 61.5 Å². The van der Waals surface area contributed by atoms with Crippen LogP contribution in [0.15, 0.2) is 54.6 Å². The van der Waals surface area contributed by atoms with Crippen molar-refractivity contribution in [2.24, 2.45) is 23.7 Å². The zero-order valence-corrected chi connectivity index (χ0v) is 44.6. The summed E-state index contributed by atoms with van der Waals surface area (Å²) in [7, 11) is 5.48. The van der Waals surface area contributed by atoms with Crippen LogP contribution in [-0.4, -0.2) is 150 Å². The third-order valence-corrected chi connectivity index (χ3v) is 12.4. The Kier molecular flexibility index (Phi) is 23.2. The van der Waals surface area contributed by atoms with Gasteiger partial charge in [-0.05, 0) is 86.5 Å². The van der Waals surface area contributed by atoms with E-state index in [4.69, 9.17) is 28.9 Å². The van der Waals surface area contributed by atoms with Crippen molar-refractivity contribution in [2.45, 2.75) is 156 Å². The maximum atomic E-state index is 14.8. The van der Waals surface area contributed by atoms with Gasteiger partial charge in [0.15, 0.2) is 31.0 Å². The van der Waals surface area contributed by atoms with Gasteiger partial charge in [-0.15, -0.1) is 0 Å². The number of nitriles is 1. The van der Waals surface area contributed by atoms with Gasteiger partial charge in [0, 0.05) is 41.0 Å². The maximum Gasteiger partial charge on any atom is 0.329 e. The van der Waals surface area contributed by atoms with Gasteiger partial charge in [0.2, 0.25) is 0 Å². The Morgan fingerprint density at radius 1 is 0.472 bits per heavy atom. The van der Waals surface area contributed by atoms with Gasteiger partial charge >= 0.3 is 23.9 Å². The standard InChI is InChI=1S/C54H77N5O13/c1-32(2)26-41-51(64)69-37(10)48(61)57(12)44(29-35(7)8)54(67)72-46(31-39-20-22-40(23-21-39)68-25-24-55)50(63)59(14)42(27-33(3)4)52(65)70-36(9)47(60)56(11)43(28-34(5)6)53(66)71-45(49(62)58(41)13)30-38-18-16-15-17-19-38/h15-23,32-37,41-46H,25-31H2,1-14H3/t36-,37-,41+,42+,43+,44+,45-,46-/m1/s1. The number of rotatable bonds is 14. The molecule has 1 saturated heterocycles. The van der Waals surface area contributed by atoms with E-state index in [1.165, 1.54) is 42.0 Å². The van der Waals surface area contributed by atoms with Crippen LogP contribution in [0.5, 0.6) is 5.75 Å². The number of carbonyl (C=O) groups excluding carboxylic acids is 8. The fraction of sp³-hybridized carbons (Fsp3) is 0.611. The predicted molar refractivity (Wildman–Crippen MR) is 266 cm³/mol. The lowest BCUT2D eigenvalue weighted by molar-refractivity contribution is -0.176. The molecule has 2 aromatic carbocycles. The summed E-state index contributed by atoms with van der Waals surface area (Å²) >= 11 is 0. The number of hydrogen-bond acceptors (Lipinski definition) is 14. The van der Waals surface area contributed by atoms with Gasteiger partial charge in [-0.25, -0.2) is 19.2 Å². The first-order valence-corrected chi connectivity index (χ1v) is 24.8. The van der Waals surface area contributed by atoms with Crippen LogP contribution in [0.3, 0.4) is 0 Å². The number of ether oxygens (including phenoxy) is 5. The fourth-order valence-corrected chi connectivity index (χ4v) is 8.36. The molecule has 396 valence electrons. The molecule has 0 unspecified atom stereocenters. The number of nitrogens with zero attached hydrogens (tertiary/aromatic N) is 5. The first kappa shape index (κ1) is 59.8. The molecule has 4 amide bonds. The molecular weight excluding hydrogens is 927 g/mol. The summed E-state index contributed by atoms with van der Waals surface area (Å²) in [5.74, 6) is -7.14. The molecule has 0 aromatic heterocycles. The highest BCUT2D eigenvalue weighted by Crippen LogP contribution is 2.25. The number of esters is 4. The highest BCUT2D eigenvalue weighted by Gasteiger charge is 2.43. The van der Waals surface area contributed by atoms with Crippen LogP contribution in [0.1, 0.15) is 106 Å². The number of carbonyl (C=O) groups is 8. The third kappa shape index (κ3) is 17.4. The van der Waals surface area contributed by atoms with Crippen LogP contribution in [0.25, 0.3) is 0 Å². The van der Waals surface area contributed by atoms with Gasteiger partial charge in [-0.2, -0.15) is 5.26 Å². The molecule has 0 spiro atoms. The summed E-state index contributed by atoms with van der Waals surface area (Å²) < 4.78 is 29.2. The van der Waals surface area contributed by atoms with Crippen molar-refractivity contribution in [2.75, 3.05) is 34.8 Å². The Labute approximate surface area is 425 Å². The highest BCUT2D eigenvalue weighted by atomic mass is 16.6. The molecule has 0 aliphatic carbocycles. The average Bonchev–Trinajstić information content (AvgIpc) is 3.32. The number of hydrogen-bond donors (Lipinski definition) is 0. The van der Waals surface area contributed by atoms with Crippen molar-refractivity contribution in [3.05, 3.63) is 65.7 Å². The second-order valence-electron chi connectivity index (χ2n) is 20.4. The van der Waals surface area contributed by atoms with Gasteiger partial charge in [-0.1, -0.05) is 97.9 Å². The summed E-state index contributed by atoms with van der Waals surface area (Å²) in [6.07, 6.45) is -5.99. The average molecular weight is 1000 g/mol. The first-order chi connectivity index (χ1) is 33.8. The van der Waals surface area contributed by atoms with Crippen molar-refractivity contribution in [3.8, 4) is 11.8 Å². The number of amides is 4. The minimum absolute atomic E-state index is 0.0683. The van der Waals surface area contributed by atoms with Crippen molar-refractivity contribution in [3.63, 3.8) is 0 Å². The Balaban J connectivity index is 2.26. The lowest BCUT2D eigenvalue weighted by Crippen LogP contribution is -2.55. The molecular formula is C54H77N5O13. The highest BCUT2D eigenvalue weighted by molar-refractivity contribution is 5.94. The van der Waals surface area contributed by atoms with Gasteiger partial charge in [0.25, 0.3) is 23.6 Å². The Bertz CT molecular complexity index is 2190. The molecule has 1 heterocycles. The lowest BCUT2D eigenvalue weighted by Gasteiger charge is -2.35. The van der Waals surface area contributed by atoms with Crippen LogP contribution in [0.4, 0.5) is 0 Å². The van der Waals surface area contributed by atoms with Crippen LogP contribution in [-0.2, 0) is 70.1 Å². The van der Waals surface area contributed by atoms with E-state index < -0.39 is 96.1 Å². The molecule has 8 atom stereocenters. The zero-order valence-electron chi connectivity index (χ0n) is 44.6. The van der Waals surface area contributed by atoms with E-state index in [1.54, 1.807) is 54.6 Å². The molecule has 0 N–H and O–H groups in total. The van der Waals surface area contributed by atoms with Crippen molar-refractivity contribution >= 4 is 47.5 Å². The van der Waals surface area contributed by atoms with Crippen LogP contribution < -0.4 is 4.74 Å². The molecule has 0 bridgehead atoms. The Morgan fingerprint density at radius 2 is 0.778 bits per heavy atom. The fourth-order valence-electron chi connectivity index (χ4n) is 8.36. The molecule has 1 fully saturated rings. The van der Waals surface area contributed by atoms with Gasteiger partial charge in [0.1, 0.15) is 36.0 Å². The first-order valence-electron chi connectivity index (χ1n) is 24.8. The molecule has 18 heteroatoms. The molecule has 72 heavy (non-hydrogen) atoms. The largest absolute Gasteiger partial charge is 0.479 e. The SMILES string of the molecule is CC(C)C[C@H]1C(=O)O[C@H](Cc2ccc(OCC#N)cc2)C(=O)N(C)[C@@H](CC(C)C)C(=O)O[C@H](C)C(=O)N(C)[C@@H](CC(C)C)C(=O)O[C@H](Cc2ccccc2)C(=O)N(C)[C@@H](CC(C)C)C(=O)O[C@H](C)C(=O)N1C. The van der Waals surface area contributed by atoms with Crippen LogP contribution >= 0.6 is 0 Å². The van der Waals surface area contributed by atoms with Crippen molar-refractivity contribution in [1.29, 1.82) is 5.26 Å². The molecule has 0 saturated carbocycles. The summed E-state index contributed by atoms with van der Waals surface area (Å²) in [6, 6.07) is 12.0. The van der Waals surface area contributed by atoms with Crippen LogP contribution in [0, 0.1) is 35.0 Å². The van der Waals surface area contributed by atoms with Crippen LogP contribution in [0.2, 0.25) is 0 Å². The van der Waals surface area contributed by atoms with E-state index in [-0.39, 0.29) is 68.8 Å². The monoisotopic (exact) mass is 1000 g/mol. The summed E-state index contributed by atoms with van der Waals surface area (Å²) in [5.41, 5.74) is 1.15. The number of cyclic esters (lactones) is 4. The second-order valence-corrected chi connectivity index (χ2v) is 20.4. The van der Waals surface area contributed by atoms with Gasteiger partial charge in [-0.3, -0.25) is 19.2 Å². The Morgan fingerprint density at radius 3 is 1.10 bits per heavy atom. The third-order valence-electron chi connectivity index (χ3n) is 12.4. The second kappa shape index (κ2) is 27.9. The zero-order chi connectivity index (χ0) is 54.1. The summed E-state index contributed by atoms with van der Waals surface area (Å²) in [5, 5.41) is 8.99. The Hall–Kier alpha value is -6.51. The number of likely N-dealkylation sites (N-methyl/N-ethyl adjacent to an activating group) is 4. The maximum absolute atomic E-state index is 14.8. The lowest BCUT2D eigenvalue weighted by atomic mass is 10.00. The van der Waals surface area contributed by atoms with Crippen molar-refractivity contribution < 1.29 is 62.0 Å². The van der Waals surface area contributed by atoms with E-state index in [2.05, 4.69) is 0 Å². The molecule has 18 nitrogen and oxygen atoms in total. The quantitative estimate of drug-likeness (QED) is 0.167. The molecule has 2 aromatic rings. The van der Waals surface area contributed by atoms with Gasteiger partial charge in [0.05, 0.1) is 0 Å². The smallest absolute Gasteiger partial charge is 0.329 e. The van der Waals surface area contributed by atoms with Crippen molar-refractivity contribution in [1.82, 2.24) is 19.6 Å². The molecule has 0 radical (unpaired) electrons. The topological polar surface area (TPSA) is 219 Å². The molecule has 1 aliphatic rings. The normalized spacial score (nSPS) is 24.3. The van der Waals surface area contributed by atoms with Gasteiger partial charge < -0.3 is 43.3 Å². The minimum atomic E-state index is -1.57. The van der Waals surface area contributed by atoms with E-state index in [0.29, 0.717) is 16.9 Å². The van der Waals surface area contributed by atoms with E-state index in [9.17, 15) is 38.4 Å². The number of benzene rings is 2. The predicted octanol–water partition coefficient (Wildman–Crippen LogP) is 5.57. The van der Waals surface area contributed by atoms with E-state index >= 15 is 0 Å². The summed E-state index contributed by atoms with van der Waals surface area (Å²) in [6.45, 7) is 17.2. The van der Waals surface area contributed by atoms with E-state index in [0.717, 1.165) is 19.6 Å².